The Balaban J connectivity index is 1.64. The second-order valence-electron chi connectivity index (χ2n) is 5.19. The van der Waals surface area contributed by atoms with Crippen molar-refractivity contribution in [2.75, 3.05) is 13.3 Å². The number of hydrogen-bond donors (Lipinski definition) is 0. The fraction of sp³-hybridized carbons (Fsp3) is 0.250. The van der Waals surface area contributed by atoms with Crippen molar-refractivity contribution in [2.45, 2.75) is 13.0 Å². The Bertz CT molecular complexity index is 892. The zero-order chi connectivity index (χ0) is 19.2. The van der Waals surface area contributed by atoms with Gasteiger partial charge in [0.1, 0.15) is 25.6 Å². The molecule has 0 saturated heterocycles. The molecule has 0 saturated carbocycles. The van der Waals surface area contributed by atoms with Gasteiger partial charge in [-0.3, -0.25) is 0 Å². The van der Waals surface area contributed by atoms with Gasteiger partial charge in [-0.25, -0.2) is 17.9 Å². The molecule has 0 unspecified atom stereocenters. The molecular weight excluding hydrogens is 387 g/mol. The van der Waals surface area contributed by atoms with E-state index in [-0.39, 0.29) is 29.8 Å². The highest BCUT2D eigenvalue weighted by Gasteiger charge is 2.14. The smallest absolute Gasteiger partial charge is 0.316 e. The van der Waals surface area contributed by atoms with Gasteiger partial charge >= 0.3 is 6.01 Å². The number of rotatable bonds is 8. The molecule has 0 atom stereocenters. The molecule has 0 aliphatic heterocycles. The van der Waals surface area contributed by atoms with Crippen LogP contribution in [0.3, 0.4) is 0 Å². The average molecular weight is 400 g/mol. The SMILES string of the molecule is FCCOc1cnc(OCc2cn(-c3ccc(Cl)c(C(F)F)c3)nn2)nc1. The van der Waals surface area contributed by atoms with E-state index in [0.29, 0.717) is 17.1 Å². The molecule has 7 nitrogen and oxygen atoms in total. The van der Waals surface area contributed by atoms with Crippen LogP contribution >= 0.6 is 11.6 Å². The Hall–Kier alpha value is -2.88. The van der Waals surface area contributed by atoms with Gasteiger partial charge in [0.05, 0.1) is 24.3 Å². The van der Waals surface area contributed by atoms with Crippen molar-refractivity contribution in [3.63, 3.8) is 0 Å². The Morgan fingerprint density at radius 3 is 2.63 bits per heavy atom. The number of nitrogens with zero attached hydrogens (tertiary/aromatic N) is 5. The van der Waals surface area contributed by atoms with Crippen LogP contribution in [0.2, 0.25) is 5.02 Å². The van der Waals surface area contributed by atoms with E-state index in [0.717, 1.165) is 0 Å². The van der Waals surface area contributed by atoms with Crippen molar-refractivity contribution < 1.29 is 22.6 Å². The summed E-state index contributed by atoms with van der Waals surface area (Å²) in [6.45, 7) is -0.676. The number of aromatic nitrogens is 5. The second-order valence-corrected chi connectivity index (χ2v) is 5.60. The van der Waals surface area contributed by atoms with Crippen LogP contribution in [0.4, 0.5) is 13.2 Å². The van der Waals surface area contributed by atoms with Gasteiger partial charge in [0.15, 0.2) is 5.75 Å². The predicted octanol–water partition coefficient (Wildman–Crippen LogP) is 3.58. The van der Waals surface area contributed by atoms with Crippen molar-refractivity contribution in [2.24, 2.45) is 0 Å². The first kappa shape index (κ1) is 18.9. The Kier molecular flexibility index (Phi) is 6.07. The summed E-state index contributed by atoms with van der Waals surface area (Å²) in [4.78, 5) is 7.84. The molecule has 0 radical (unpaired) electrons. The number of benzene rings is 1. The van der Waals surface area contributed by atoms with Crippen LogP contribution in [0.1, 0.15) is 17.7 Å². The predicted molar refractivity (Wildman–Crippen MR) is 89.2 cm³/mol. The zero-order valence-corrected chi connectivity index (χ0v) is 14.5. The average Bonchev–Trinajstić information content (AvgIpc) is 3.14. The topological polar surface area (TPSA) is 75.0 Å². The number of alkyl halides is 3. The molecular formula is C16H13ClF3N5O2. The van der Waals surface area contributed by atoms with Gasteiger partial charge in [-0.2, -0.15) is 9.97 Å². The summed E-state index contributed by atoms with van der Waals surface area (Å²) < 4.78 is 49.6. The van der Waals surface area contributed by atoms with E-state index >= 15 is 0 Å². The third-order valence-corrected chi connectivity index (χ3v) is 3.66. The molecule has 2 aromatic heterocycles. The highest BCUT2D eigenvalue weighted by Crippen LogP contribution is 2.28. The standard InChI is InChI=1S/C16H13ClF3N5O2/c17-14-2-1-11(5-13(14)15(19)20)25-8-10(23-24-25)9-27-16-21-6-12(7-22-16)26-4-3-18/h1-2,5-8,15H,3-4,9H2. The van der Waals surface area contributed by atoms with Crippen molar-refractivity contribution in [3.05, 3.63) is 53.1 Å². The number of ether oxygens (including phenoxy) is 2. The minimum absolute atomic E-state index is 0.0139. The van der Waals surface area contributed by atoms with E-state index in [1.807, 2.05) is 0 Å². The Morgan fingerprint density at radius 2 is 1.93 bits per heavy atom. The monoisotopic (exact) mass is 399 g/mol. The van der Waals surface area contributed by atoms with Gasteiger partial charge in [0.25, 0.3) is 6.43 Å². The molecule has 3 rings (SSSR count). The van der Waals surface area contributed by atoms with Gasteiger partial charge in [0, 0.05) is 10.6 Å². The summed E-state index contributed by atoms with van der Waals surface area (Å²) >= 11 is 5.75. The maximum Gasteiger partial charge on any atom is 0.316 e. The zero-order valence-electron chi connectivity index (χ0n) is 13.7. The van der Waals surface area contributed by atoms with Gasteiger partial charge in [-0.05, 0) is 18.2 Å². The quantitative estimate of drug-likeness (QED) is 0.576. The molecule has 0 bridgehead atoms. The van der Waals surface area contributed by atoms with E-state index in [1.165, 1.54) is 35.4 Å². The first-order valence-corrected chi connectivity index (χ1v) is 8.07. The van der Waals surface area contributed by atoms with Crippen molar-refractivity contribution in [1.82, 2.24) is 25.0 Å². The van der Waals surface area contributed by atoms with Gasteiger partial charge in [0.2, 0.25) is 0 Å². The summed E-state index contributed by atoms with van der Waals surface area (Å²) in [5.74, 6) is 0.323. The molecule has 2 heterocycles. The molecule has 3 aromatic rings. The van der Waals surface area contributed by atoms with E-state index in [1.54, 1.807) is 6.07 Å². The third-order valence-electron chi connectivity index (χ3n) is 3.32. The van der Waals surface area contributed by atoms with Crippen LogP contribution in [-0.2, 0) is 6.61 Å². The van der Waals surface area contributed by atoms with Crippen LogP contribution in [0.5, 0.6) is 11.8 Å². The van der Waals surface area contributed by atoms with Crippen LogP contribution in [0, 0.1) is 0 Å². The maximum absolute atomic E-state index is 12.9. The van der Waals surface area contributed by atoms with Crippen molar-refractivity contribution >= 4 is 11.6 Å². The normalized spacial score (nSPS) is 11.0. The molecule has 1 aromatic carbocycles. The molecule has 142 valence electrons. The lowest BCUT2D eigenvalue weighted by molar-refractivity contribution is 0.151. The lowest BCUT2D eigenvalue weighted by Crippen LogP contribution is -2.02. The summed E-state index contributed by atoms with van der Waals surface area (Å²) in [5, 5.41) is 7.77. The van der Waals surface area contributed by atoms with E-state index in [9.17, 15) is 13.2 Å². The first-order chi connectivity index (χ1) is 13.1. The van der Waals surface area contributed by atoms with Crippen LogP contribution < -0.4 is 9.47 Å². The highest BCUT2D eigenvalue weighted by molar-refractivity contribution is 6.31. The highest BCUT2D eigenvalue weighted by atomic mass is 35.5. The number of halogens is 4. The summed E-state index contributed by atoms with van der Waals surface area (Å²) in [6.07, 6.45) is 1.54. The Labute approximate surface area is 156 Å². The summed E-state index contributed by atoms with van der Waals surface area (Å²) in [6, 6.07) is 4.23. The second kappa shape index (κ2) is 8.67. The van der Waals surface area contributed by atoms with E-state index < -0.39 is 13.1 Å². The third kappa shape index (κ3) is 4.85. The minimum atomic E-state index is -2.70. The van der Waals surface area contributed by atoms with Gasteiger partial charge in [-0.1, -0.05) is 16.8 Å². The fourth-order valence-corrected chi connectivity index (χ4v) is 2.28. The summed E-state index contributed by atoms with van der Waals surface area (Å²) in [5.41, 5.74) is 0.537. The van der Waals surface area contributed by atoms with Crippen LogP contribution in [0.15, 0.2) is 36.8 Å². The lowest BCUT2D eigenvalue weighted by Gasteiger charge is -2.06. The molecule has 0 spiro atoms. The number of hydrogen-bond acceptors (Lipinski definition) is 6. The first-order valence-electron chi connectivity index (χ1n) is 7.69. The van der Waals surface area contributed by atoms with Gasteiger partial charge in [-0.15, -0.1) is 5.10 Å². The molecule has 0 aliphatic carbocycles. The van der Waals surface area contributed by atoms with E-state index in [4.69, 9.17) is 21.1 Å². The molecule has 0 aliphatic rings. The Morgan fingerprint density at radius 1 is 1.15 bits per heavy atom. The molecule has 0 fully saturated rings. The molecule has 0 amide bonds. The molecule has 11 heteroatoms. The van der Waals surface area contributed by atoms with E-state index in [2.05, 4.69) is 20.3 Å². The molecule has 27 heavy (non-hydrogen) atoms. The largest absolute Gasteiger partial charge is 0.488 e. The van der Waals surface area contributed by atoms with Crippen molar-refractivity contribution in [3.8, 4) is 17.4 Å². The van der Waals surface area contributed by atoms with Gasteiger partial charge < -0.3 is 9.47 Å². The van der Waals surface area contributed by atoms with Crippen molar-refractivity contribution in [1.29, 1.82) is 0 Å². The lowest BCUT2D eigenvalue weighted by atomic mass is 10.2. The van der Waals surface area contributed by atoms with Crippen LogP contribution in [-0.4, -0.2) is 38.2 Å². The summed E-state index contributed by atoms with van der Waals surface area (Å²) in [7, 11) is 0. The molecule has 0 N–H and O–H groups in total. The maximum atomic E-state index is 12.9. The minimum Gasteiger partial charge on any atom is -0.488 e. The fourth-order valence-electron chi connectivity index (χ4n) is 2.08. The van der Waals surface area contributed by atoms with Crippen LogP contribution in [0.25, 0.3) is 5.69 Å².